The second-order valence-corrected chi connectivity index (χ2v) is 7.56. The van der Waals surface area contributed by atoms with Gasteiger partial charge in [0.05, 0.1) is 11.6 Å². The van der Waals surface area contributed by atoms with Crippen molar-refractivity contribution < 1.29 is 17.9 Å². The monoisotopic (exact) mass is 337 g/mol. The van der Waals surface area contributed by atoms with Gasteiger partial charge in [0.2, 0.25) is 15.0 Å². The molecule has 8 heteroatoms. The van der Waals surface area contributed by atoms with Gasteiger partial charge in [0.25, 0.3) is 5.91 Å². The minimum atomic E-state index is -3.52. The first-order valence-corrected chi connectivity index (χ1v) is 9.43. The number of ether oxygens (including phenoxy) is 1. The van der Waals surface area contributed by atoms with Crippen LogP contribution >= 0.6 is 0 Å². The number of nitrogens with zero attached hydrogens (tertiary/aromatic N) is 2. The number of carbonyl (C=O) groups excluding carboxylic acids is 1. The standard InChI is InChI=1S/C15H19N3O4S/c1-23(20,21)15-17-13(12-6-2-3-9-18(12)15)14(19)16-8-7-11-5-4-10-22-11/h2-3,6,9,11H,4-5,7-8,10H2,1H3,(H,16,19). The van der Waals surface area contributed by atoms with Crippen LogP contribution in [-0.2, 0) is 14.6 Å². The average molecular weight is 337 g/mol. The Hall–Kier alpha value is -1.93. The van der Waals surface area contributed by atoms with Gasteiger partial charge in [0.15, 0.2) is 5.69 Å². The van der Waals surface area contributed by atoms with E-state index >= 15 is 0 Å². The molecule has 124 valence electrons. The predicted octanol–water partition coefficient (Wildman–Crippen LogP) is 1.04. The van der Waals surface area contributed by atoms with Crippen molar-refractivity contribution in [3.8, 4) is 0 Å². The molecule has 0 aliphatic carbocycles. The van der Waals surface area contributed by atoms with Crippen molar-refractivity contribution in [3.05, 3.63) is 30.1 Å². The molecule has 2 aromatic heterocycles. The lowest BCUT2D eigenvalue weighted by atomic mass is 10.2. The third-order valence-electron chi connectivity index (χ3n) is 3.84. The first kappa shape index (κ1) is 15.9. The molecule has 0 radical (unpaired) electrons. The zero-order valence-electron chi connectivity index (χ0n) is 12.9. The third kappa shape index (κ3) is 3.37. The molecule has 1 N–H and O–H groups in total. The molecule has 0 saturated carbocycles. The van der Waals surface area contributed by atoms with E-state index < -0.39 is 9.84 Å². The van der Waals surface area contributed by atoms with Crippen molar-refractivity contribution in [2.75, 3.05) is 19.4 Å². The highest BCUT2D eigenvalue weighted by atomic mass is 32.2. The van der Waals surface area contributed by atoms with Crippen molar-refractivity contribution in [2.24, 2.45) is 0 Å². The fourth-order valence-corrected chi connectivity index (χ4v) is 3.51. The normalized spacial score (nSPS) is 18.4. The number of hydrogen-bond acceptors (Lipinski definition) is 5. The summed E-state index contributed by atoms with van der Waals surface area (Å²) in [6.07, 6.45) is 5.68. The van der Waals surface area contributed by atoms with E-state index in [2.05, 4.69) is 10.3 Å². The number of rotatable bonds is 5. The highest BCUT2D eigenvalue weighted by molar-refractivity contribution is 7.90. The first-order valence-electron chi connectivity index (χ1n) is 7.54. The second-order valence-electron chi connectivity index (χ2n) is 5.65. The molecule has 1 aliphatic rings. The van der Waals surface area contributed by atoms with Crippen LogP contribution in [0.2, 0.25) is 0 Å². The highest BCUT2D eigenvalue weighted by Gasteiger charge is 2.23. The smallest absolute Gasteiger partial charge is 0.272 e. The molecule has 3 rings (SSSR count). The van der Waals surface area contributed by atoms with Crippen LogP contribution in [0, 0.1) is 0 Å². The Kier molecular flexibility index (Phi) is 4.36. The van der Waals surface area contributed by atoms with Gasteiger partial charge in [-0.15, -0.1) is 0 Å². The summed E-state index contributed by atoms with van der Waals surface area (Å²) in [4.78, 5) is 16.4. The highest BCUT2D eigenvalue weighted by Crippen LogP contribution is 2.17. The number of hydrogen-bond donors (Lipinski definition) is 1. The molecule has 0 bridgehead atoms. The molecule has 2 aromatic rings. The van der Waals surface area contributed by atoms with Gasteiger partial charge < -0.3 is 10.1 Å². The number of fused-ring (bicyclic) bond motifs is 1. The van der Waals surface area contributed by atoms with E-state index in [1.54, 1.807) is 24.4 Å². The molecular formula is C15H19N3O4S. The summed E-state index contributed by atoms with van der Waals surface area (Å²) < 4.78 is 30.6. The number of aromatic nitrogens is 2. The van der Waals surface area contributed by atoms with Crippen molar-refractivity contribution in [3.63, 3.8) is 0 Å². The summed E-state index contributed by atoms with van der Waals surface area (Å²) in [6.45, 7) is 1.26. The van der Waals surface area contributed by atoms with Gasteiger partial charge in [0.1, 0.15) is 0 Å². The molecule has 3 heterocycles. The maximum Gasteiger partial charge on any atom is 0.272 e. The Balaban J connectivity index is 1.80. The van der Waals surface area contributed by atoms with Gasteiger partial charge in [0, 0.05) is 25.6 Å². The van der Waals surface area contributed by atoms with E-state index in [4.69, 9.17) is 4.74 Å². The van der Waals surface area contributed by atoms with Crippen molar-refractivity contribution >= 4 is 21.3 Å². The van der Waals surface area contributed by atoms with Crippen molar-refractivity contribution in [1.29, 1.82) is 0 Å². The summed E-state index contributed by atoms with van der Waals surface area (Å²) in [5, 5.41) is 2.67. The number of nitrogens with one attached hydrogen (secondary N) is 1. The van der Waals surface area contributed by atoms with Crippen molar-refractivity contribution in [1.82, 2.24) is 14.7 Å². The van der Waals surface area contributed by atoms with Crippen LogP contribution in [0.5, 0.6) is 0 Å². The molecule has 1 atom stereocenters. The number of sulfone groups is 1. The van der Waals surface area contributed by atoms with Crippen LogP contribution in [-0.4, -0.2) is 49.2 Å². The molecule has 1 aliphatic heterocycles. The van der Waals surface area contributed by atoms with E-state index in [0.29, 0.717) is 12.1 Å². The Morgan fingerprint density at radius 2 is 2.30 bits per heavy atom. The molecule has 23 heavy (non-hydrogen) atoms. The van der Waals surface area contributed by atoms with Crippen LogP contribution in [0.25, 0.3) is 5.52 Å². The van der Waals surface area contributed by atoms with E-state index in [9.17, 15) is 13.2 Å². The molecule has 0 spiro atoms. The lowest BCUT2D eigenvalue weighted by Crippen LogP contribution is -2.27. The summed E-state index contributed by atoms with van der Waals surface area (Å²) in [7, 11) is -3.52. The minimum absolute atomic E-state index is 0.123. The molecule has 0 aromatic carbocycles. The maximum absolute atomic E-state index is 12.4. The molecular weight excluding hydrogens is 318 g/mol. The molecule has 7 nitrogen and oxygen atoms in total. The number of imidazole rings is 1. The van der Waals surface area contributed by atoms with Gasteiger partial charge in [-0.25, -0.2) is 13.4 Å². The van der Waals surface area contributed by atoms with Gasteiger partial charge >= 0.3 is 0 Å². The van der Waals surface area contributed by atoms with Crippen LogP contribution in [0.15, 0.2) is 29.6 Å². The first-order chi connectivity index (χ1) is 11.0. The van der Waals surface area contributed by atoms with Gasteiger partial charge in [-0.05, 0) is 31.4 Å². The van der Waals surface area contributed by atoms with Gasteiger partial charge in [-0.1, -0.05) is 6.07 Å². The van der Waals surface area contributed by atoms with Gasteiger partial charge in [-0.2, -0.15) is 0 Å². The Morgan fingerprint density at radius 3 is 3.00 bits per heavy atom. The van der Waals surface area contributed by atoms with E-state index in [-0.39, 0.29) is 22.9 Å². The van der Waals surface area contributed by atoms with Crippen LogP contribution in [0.4, 0.5) is 0 Å². The summed E-state index contributed by atoms with van der Waals surface area (Å²) in [5.41, 5.74) is 0.598. The Morgan fingerprint density at radius 1 is 1.48 bits per heavy atom. The molecule has 1 saturated heterocycles. The molecule has 1 fully saturated rings. The summed E-state index contributed by atoms with van der Waals surface area (Å²) in [5.74, 6) is -0.374. The Bertz CT molecular complexity index is 822. The number of pyridine rings is 1. The lowest BCUT2D eigenvalue weighted by Gasteiger charge is -2.09. The largest absolute Gasteiger partial charge is 0.378 e. The number of amides is 1. The fraction of sp³-hybridized carbons (Fsp3) is 0.467. The van der Waals surface area contributed by atoms with E-state index in [0.717, 1.165) is 32.1 Å². The Labute approximate surface area is 134 Å². The minimum Gasteiger partial charge on any atom is -0.378 e. The lowest BCUT2D eigenvalue weighted by molar-refractivity contribution is 0.0904. The third-order valence-corrected chi connectivity index (χ3v) is 4.79. The van der Waals surface area contributed by atoms with Crippen LogP contribution in [0.3, 0.4) is 0 Å². The topological polar surface area (TPSA) is 89.8 Å². The number of carbonyl (C=O) groups is 1. The zero-order chi connectivity index (χ0) is 16.4. The van der Waals surface area contributed by atoms with E-state index in [1.807, 2.05) is 0 Å². The predicted molar refractivity (Wildman–Crippen MR) is 84.2 cm³/mol. The SMILES string of the molecule is CS(=O)(=O)c1nc(C(=O)NCCC2CCCO2)c2ccccn12. The van der Waals surface area contributed by atoms with Crippen LogP contribution < -0.4 is 5.32 Å². The maximum atomic E-state index is 12.4. The average Bonchev–Trinajstić information content (AvgIpc) is 3.13. The second kappa shape index (κ2) is 6.29. The van der Waals surface area contributed by atoms with E-state index in [1.165, 1.54) is 4.40 Å². The summed E-state index contributed by atoms with van der Waals surface area (Å²) >= 11 is 0. The molecule has 1 unspecified atom stereocenters. The van der Waals surface area contributed by atoms with Gasteiger partial charge in [-0.3, -0.25) is 9.20 Å². The summed E-state index contributed by atoms with van der Waals surface area (Å²) in [6, 6.07) is 5.12. The fourth-order valence-electron chi connectivity index (χ4n) is 2.74. The van der Waals surface area contributed by atoms with Crippen LogP contribution in [0.1, 0.15) is 29.8 Å². The zero-order valence-corrected chi connectivity index (χ0v) is 13.7. The van der Waals surface area contributed by atoms with Crippen molar-refractivity contribution in [2.45, 2.75) is 30.5 Å². The quantitative estimate of drug-likeness (QED) is 0.880. The molecule has 1 amide bonds.